The highest BCUT2D eigenvalue weighted by Gasteiger charge is 2.07. The van der Waals surface area contributed by atoms with Crippen LogP contribution in [0.4, 0.5) is 5.13 Å². The summed E-state index contributed by atoms with van der Waals surface area (Å²) in [7, 11) is 0. The molecule has 0 fully saturated rings. The molecule has 0 aliphatic carbocycles. The summed E-state index contributed by atoms with van der Waals surface area (Å²) >= 11 is 1.40. The van der Waals surface area contributed by atoms with Crippen LogP contribution in [0.5, 0.6) is 11.5 Å². The van der Waals surface area contributed by atoms with E-state index in [-0.39, 0.29) is 5.91 Å². The zero-order valence-electron chi connectivity index (χ0n) is 17.3. The van der Waals surface area contributed by atoms with Crippen LogP contribution in [0.2, 0.25) is 0 Å². The monoisotopic (exact) mass is 422 g/mol. The van der Waals surface area contributed by atoms with Crippen molar-refractivity contribution in [2.24, 2.45) is 0 Å². The Morgan fingerprint density at radius 3 is 2.43 bits per heavy atom. The number of hydrogen-bond acceptors (Lipinski definition) is 5. The summed E-state index contributed by atoms with van der Waals surface area (Å²) in [6, 6.07) is 15.4. The average Bonchev–Trinajstić information content (AvgIpc) is 3.22. The van der Waals surface area contributed by atoms with Gasteiger partial charge in [-0.15, -0.1) is 11.3 Å². The topological polar surface area (TPSA) is 60.5 Å². The number of anilines is 1. The molecule has 0 bridgehead atoms. The van der Waals surface area contributed by atoms with E-state index in [0.29, 0.717) is 11.7 Å². The number of aromatic nitrogens is 1. The number of benzene rings is 2. The number of unbranched alkanes of at least 4 members (excludes halogenated alkanes) is 1. The van der Waals surface area contributed by atoms with Gasteiger partial charge in [0.25, 0.3) is 0 Å². The fourth-order valence-corrected chi connectivity index (χ4v) is 3.40. The molecule has 0 radical (unpaired) electrons. The minimum absolute atomic E-state index is 0.217. The fourth-order valence-electron chi connectivity index (χ4n) is 2.68. The second kappa shape index (κ2) is 11.2. The number of rotatable bonds is 10. The summed E-state index contributed by atoms with van der Waals surface area (Å²) in [5.74, 6) is 1.45. The lowest BCUT2D eigenvalue weighted by molar-refractivity contribution is -0.111. The lowest BCUT2D eigenvalue weighted by Crippen LogP contribution is -2.07. The van der Waals surface area contributed by atoms with Crippen LogP contribution in [0.25, 0.3) is 17.3 Å². The Kier molecular flexibility index (Phi) is 8.03. The van der Waals surface area contributed by atoms with Crippen LogP contribution in [-0.2, 0) is 4.79 Å². The maximum absolute atomic E-state index is 12.2. The molecule has 3 rings (SSSR count). The van der Waals surface area contributed by atoms with E-state index < -0.39 is 0 Å². The van der Waals surface area contributed by atoms with E-state index in [0.717, 1.165) is 47.8 Å². The average molecular weight is 423 g/mol. The van der Waals surface area contributed by atoms with Crippen molar-refractivity contribution in [3.05, 3.63) is 65.6 Å². The van der Waals surface area contributed by atoms with Gasteiger partial charge in [-0.1, -0.05) is 25.5 Å². The van der Waals surface area contributed by atoms with Crippen molar-refractivity contribution in [1.82, 2.24) is 4.98 Å². The quantitative estimate of drug-likeness (QED) is 0.320. The van der Waals surface area contributed by atoms with Crippen LogP contribution in [0, 0.1) is 0 Å². The summed E-state index contributed by atoms with van der Waals surface area (Å²) in [4.78, 5) is 16.7. The number of thiazole rings is 1. The van der Waals surface area contributed by atoms with Gasteiger partial charge in [-0.05, 0) is 61.4 Å². The molecule has 0 spiro atoms. The van der Waals surface area contributed by atoms with Gasteiger partial charge in [-0.25, -0.2) is 4.98 Å². The minimum atomic E-state index is -0.217. The number of ether oxygens (including phenoxy) is 2. The molecule has 1 N–H and O–H groups in total. The number of carbonyl (C=O) groups is 1. The normalized spacial score (nSPS) is 10.9. The highest BCUT2D eigenvalue weighted by atomic mass is 32.1. The van der Waals surface area contributed by atoms with Gasteiger partial charge in [-0.2, -0.15) is 0 Å². The molecule has 0 aliphatic rings. The third-order valence-electron chi connectivity index (χ3n) is 4.27. The van der Waals surface area contributed by atoms with Gasteiger partial charge in [0.15, 0.2) is 5.13 Å². The highest BCUT2D eigenvalue weighted by molar-refractivity contribution is 7.14. The summed E-state index contributed by atoms with van der Waals surface area (Å²) in [6.45, 7) is 5.45. The lowest BCUT2D eigenvalue weighted by Gasteiger charge is -2.05. The molecule has 5 nitrogen and oxygen atoms in total. The van der Waals surface area contributed by atoms with Gasteiger partial charge >= 0.3 is 0 Å². The molecular weight excluding hydrogens is 396 g/mol. The molecular formula is C24H26N2O3S. The van der Waals surface area contributed by atoms with Crippen molar-refractivity contribution < 1.29 is 14.3 Å². The molecule has 2 aromatic carbocycles. The van der Waals surface area contributed by atoms with Gasteiger partial charge in [0.05, 0.1) is 18.9 Å². The van der Waals surface area contributed by atoms with Gasteiger partial charge < -0.3 is 9.47 Å². The first kappa shape index (κ1) is 21.6. The second-order valence-electron chi connectivity index (χ2n) is 6.59. The van der Waals surface area contributed by atoms with E-state index in [9.17, 15) is 4.79 Å². The van der Waals surface area contributed by atoms with E-state index in [1.54, 1.807) is 6.08 Å². The largest absolute Gasteiger partial charge is 0.494 e. The van der Waals surface area contributed by atoms with Crippen LogP contribution in [-0.4, -0.2) is 24.1 Å². The Balaban J connectivity index is 1.53. The Morgan fingerprint density at radius 2 is 1.73 bits per heavy atom. The number of nitrogens with one attached hydrogen (secondary N) is 1. The molecule has 6 heteroatoms. The molecule has 1 heterocycles. The minimum Gasteiger partial charge on any atom is -0.494 e. The first-order valence-electron chi connectivity index (χ1n) is 10.1. The fraction of sp³-hybridized carbons (Fsp3) is 0.250. The van der Waals surface area contributed by atoms with Crippen LogP contribution < -0.4 is 14.8 Å². The van der Waals surface area contributed by atoms with Gasteiger partial charge in [0.1, 0.15) is 11.5 Å². The highest BCUT2D eigenvalue weighted by Crippen LogP contribution is 2.26. The van der Waals surface area contributed by atoms with Crippen LogP contribution >= 0.6 is 11.3 Å². The number of nitrogens with zero attached hydrogens (tertiary/aromatic N) is 1. The third kappa shape index (κ3) is 6.46. The predicted molar refractivity (Wildman–Crippen MR) is 123 cm³/mol. The summed E-state index contributed by atoms with van der Waals surface area (Å²) in [5, 5.41) is 5.30. The molecule has 0 unspecified atom stereocenters. The molecule has 0 aliphatic heterocycles. The second-order valence-corrected chi connectivity index (χ2v) is 7.45. The van der Waals surface area contributed by atoms with E-state index in [1.165, 1.54) is 17.4 Å². The summed E-state index contributed by atoms with van der Waals surface area (Å²) in [6.07, 6.45) is 5.42. The van der Waals surface area contributed by atoms with Crippen molar-refractivity contribution in [3.63, 3.8) is 0 Å². The van der Waals surface area contributed by atoms with Crippen molar-refractivity contribution in [2.75, 3.05) is 18.5 Å². The summed E-state index contributed by atoms with van der Waals surface area (Å²) < 4.78 is 11.1. The molecule has 1 amide bonds. The van der Waals surface area contributed by atoms with Crippen LogP contribution in [0.1, 0.15) is 32.3 Å². The lowest BCUT2D eigenvalue weighted by atomic mass is 10.2. The number of amides is 1. The molecule has 0 atom stereocenters. The molecule has 30 heavy (non-hydrogen) atoms. The summed E-state index contributed by atoms with van der Waals surface area (Å²) in [5.41, 5.74) is 2.73. The molecule has 156 valence electrons. The van der Waals surface area contributed by atoms with E-state index in [1.807, 2.05) is 60.8 Å². The van der Waals surface area contributed by atoms with Gasteiger partial charge in [0.2, 0.25) is 5.91 Å². The first-order chi connectivity index (χ1) is 14.7. The van der Waals surface area contributed by atoms with Crippen LogP contribution in [0.3, 0.4) is 0 Å². The van der Waals surface area contributed by atoms with Crippen molar-refractivity contribution >= 4 is 28.5 Å². The Labute approximate surface area is 181 Å². The maximum atomic E-state index is 12.2. The van der Waals surface area contributed by atoms with Crippen molar-refractivity contribution in [2.45, 2.75) is 26.7 Å². The number of carbonyl (C=O) groups excluding carboxylic acids is 1. The first-order valence-corrected chi connectivity index (χ1v) is 11.0. The smallest absolute Gasteiger partial charge is 0.250 e. The molecule has 0 saturated carbocycles. The van der Waals surface area contributed by atoms with Gasteiger partial charge in [0, 0.05) is 17.0 Å². The Bertz CT molecular complexity index is 963. The Hall–Kier alpha value is -3.12. The molecule has 0 saturated heterocycles. The number of hydrogen-bond donors (Lipinski definition) is 1. The Morgan fingerprint density at radius 1 is 1.03 bits per heavy atom. The third-order valence-corrected chi connectivity index (χ3v) is 5.03. The van der Waals surface area contributed by atoms with Gasteiger partial charge in [-0.3, -0.25) is 10.1 Å². The molecule has 3 aromatic rings. The maximum Gasteiger partial charge on any atom is 0.250 e. The predicted octanol–water partition coefficient (Wildman–Crippen LogP) is 6.04. The van der Waals surface area contributed by atoms with E-state index in [2.05, 4.69) is 17.2 Å². The van der Waals surface area contributed by atoms with E-state index >= 15 is 0 Å². The standard InChI is InChI=1S/C24H26N2O3S/c1-3-5-16-29-21-11-6-18(7-12-21)8-15-23(27)26-24-25-22(17-30-24)19-9-13-20(14-10-19)28-4-2/h6-15,17H,3-5,16H2,1-2H3,(H,25,26,27). The van der Waals surface area contributed by atoms with Crippen molar-refractivity contribution in [3.8, 4) is 22.8 Å². The van der Waals surface area contributed by atoms with Crippen LogP contribution in [0.15, 0.2) is 60.0 Å². The van der Waals surface area contributed by atoms with Crippen molar-refractivity contribution in [1.29, 1.82) is 0 Å². The zero-order valence-corrected chi connectivity index (χ0v) is 18.1. The van der Waals surface area contributed by atoms with E-state index in [4.69, 9.17) is 9.47 Å². The molecule has 1 aromatic heterocycles. The zero-order chi connectivity index (χ0) is 21.2. The SMILES string of the molecule is CCCCOc1ccc(C=CC(=O)Nc2nc(-c3ccc(OCC)cc3)cs2)cc1.